The molecule has 2 aromatic carbocycles. The van der Waals surface area contributed by atoms with Crippen molar-refractivity contribution in [3.63, 3.8) is 0 Å². The molecule has 0 unspecified atom stereocenters. The number of benzene rings is 2. The molecule has 0 bridgehead atoms. The van der Waals surface area contributed by atoms with Gasteiger partial charge in [0.15, 0.2) is 0 Å². The van der Waals surface area contributed by atoms with Crippen molar-refractivity contribution in [1.82, 2.24) is 15.1 Å². The second kappa shape index (κ2) is 11.8. The zero-order chi connectivity index (χ0) is 29.1. The number of aromatic nitrogens is 2. The topological polar surface area (TPSA) is 109 Å². The van der Waals surface area contributed by atoms with Crippen LogP contribution in [0.5, 0.6) is 0 Å². The lowest BCUT2D eigenvalue weighted by Gasteiger charge is -2.27. The van der Waals surface area contributed by atoms with Crippen molar-refractivity contribution in [3.05, 3.63) is 59.9 Å². The molecule has 9 nitrogen and oxygen atoms in total. The van der Waals surface area contributed by atoms with E-state index in [1.165, 1.54) is 12.3 Å². The van der Waals surface area contributed by atoms with Gasteiger partial charge in [-0.1, -0.05) is 12.1 Å². The predicted octanol–water partition coefficient (Wildman–Crippen LogP) is 4.48. The molecule has 0 radical (unpaired) electrons. The highest BCUT2D eigenvalue weighted by Gasteiger charge is 2.33. The summed E-state index contributed by atoms with van der Waals surface area (Å²) in [5.41, 5.74) is 3.61. The minimum Gasteiger partial charge on any atom is -0.371 e. The number of aryl methyl sites for hydroxylation is 1. The van der Waals surface area contributed by atoms with Gasteiger partial charge < -0.3 is 15.5 Å². The van der Waals surface area contributed by atoms with Crippen LogP contribution in [0, 0.1) is 6.92 Å². The van der Waals surface area contributed by atoms with Gasteiger partial charge in [-0.2, -0.15) is 9.46 Å². The zero-order valence-corrected chi connectivity index (χ0v) is 23.9. The Labute approximate surface area is 233 Å². The third-order valence-corrected chi connectivity index (χ3v) is 8.56. The first kappa shape index (κ1) is 29.3. The highest BCUT2D eigenvalue weighted by atomic mass is 32.2. The molecule has 1 aliphatic rings. The Balaban J connectivity index is 1.73. The van der Waals surface area contributed by atoms with Crippen molar-refractivity contribution in [3.8, 4) is 11.1 Å². The summed E-state index contributed by atoms with van der Waals surface area (Å²) in [5.74, 6) is -3.72. The molecule has 2 heterocycles. The number of likely N-dealkylation sites (N-methyl/N-ethyl adjacent to an activating group) is 1. The number of halogens is 2. The number of rotatable bonds is 7. The monoisotopic (exact) mass is 572 g/mol. The maximum atomic E-state index is 14.2. The summed E-state index contributed by atoms with van der Waals surface area (Å²) in [4.78, 5) is 28.0. The molecular formula is C28H34F2N6O3S. The van der Waals surface area contributed by atoms with Crippen LogP contribution in [-0.2, 0) is 21.6 Å². The van der Waals surface area contributed by atoms with Gasteiger partial charge in [0.1, 0.15) is 0 Å². The van der Waals surface area contributed by atoms with Gasteiger partial charge in [0, 0.05) is 67.3 Å². The standard InChI is InChI=1S/C28H34F2N6O3S/c1-19-23(20-16-32-35(3)18-20)9-10-24(36-13-6-11-28(29,30)12-14-36)26(19)27(38)33-21-7-5-8-22(15-21)40(4,39)34-25(37)17-31-2/h5,7-10,15-16,18,31H,6,11-14,17H2,1-4H3,(H,33,38)/t40-/m1/s1. The summed E-state index contributed by atoms with van der Waals surface area (Å²) in [7, 11) is 0.348. The Hall–Kier alpha value is -3.64. The van der Waals surface area contributed by atoms with E-state index in [1.807, 2.05) is 24.1 Å². The number of alkyl halides is 2. The van der Waals surface area contributed by atoms with Crippen LogP contribution in [0.4, 0.5) is 20.2 Å². The quantitative estimate of drug-likeness (QED) is 0.432. The number of nitrogens with one attached hydrogen (secondary N) is 2. The minimum absolute atomic E-state index is 0.0426. The fraction of sp³-hybridized carbons (Fsp3) is 0.393. The summed E-state index contributed by atoms with van der Waals surface area (Å²) in [6.45, 7) is 2.30. The Morgan fingerprint density at radius 1 is 1.18 bits per heavy atom. The molecule has 40 heavy (non-hydrogen) atoms. The molecule has 0 saturated carbocycles. The SMILES string of the molecule is CNCC(=O)N=[S@](C)(=O)c1cccc(NC(=O)c2c(N3CCCC(F)(F)CC3)ccc(-c3cnn(C)c3)c2C)c1. The molecular weight excluding hydrogens is 538 g/mol. The number of carbonyl (C=O) groups is 2. The molecule has 12 heteroatoms. The second-order valence-corrected chi connectivity index (χ2v) is 12.3. The van der Waals surface area contributed by atoms with Crippen LogP contribution in [0.2, 0.25) is 0 Å². The first-order valence-electron chi connectivity index (χ1n) is 13.0. The van der Waals surface area contributed by atoms with E-state index in [0.717, 1.165) is 11.1 Å². The lowest BCUT2D eigenvalue weighted by molar-refractivity contribution is -0.116. The van der Waals surface area contributed by atoms with Crippen LogP contribution in [-0.4, -0.2) is 64.7 Å². The van der Waals surface area contributed by atoms with Crippen molar-refractivity contribution in [2.75, 3.05) is 43.2 Å². The highest BCUT2D eigenvalue weighted by molar-refractivity contribution is 7.93. The Morgan fingerprint density at radius 3 is 2.65 bits per heavy atom. The van der Waals surface area contributed by atoms with E-state index in [0.29, 0.717) is 40.4 Å². The first-order chi connectivity index (χ1) is 18.9. The minimum atomic E-state index is -3.05. The van der Waals surface area contributed by atoms with Gasteiger partial charge in [-0.25, -0.2) is 13.0 Å². The van der Waals surface area contributed by atoms with E-state index in [9.17, 15) is 22.6 Å². The van der Waals surface area contributed by atoms with Crippen molar-refractivity contribution in [1.29, 1.82) is 0 Å². The fourth-order valence-electron chi connectivity index (χ4n) is 4.86. The van der Waals surface area contributed by atoms with Gasteiger partial charge in [-0.3, -0.25) is 14.3 Å². The van der Waals surface area contributed by atoms with Crippen molar-refractivity contribution < 1.29 is 22.6 Å². The number of hydrogen-bond donors (Lipinski definition) is 2. The van der Waals surface area contributed by atoms with Gasteiger partial charge in [0.25, 0.3) is 11.8 Å². The van der Waals surface area contributed by atoms with E-state index in [4.69, 9.17) is 0 Å². The van der Waals surface area contributed by atoms with Crippen LogP contribution in [0.25, 0.3) is 11.1 Å². The van der Waals surface area contributed by atoms with Gasteiger partial charge >= 0.3 is 0 Å². The largest absolute Gasteiger partial charge is 0.371 e. The number of nitrogens with zero attached hydrogens (tertiary/aromatic N) is 4. The number of amides is 2. The first-order valence-corrected chi connectivity index (χ1v) is 14.9. The molecule has 1 fully saturated rings. The van der Waals surface area contributed by atoms with Crippen molar-refractivity contribution in [2.45, 2.75) is 37.0 Å². The average Bonchev–Trinajstić information content (AvgIpc) is 3.22. The number of anilines is 2. The number of hydrogen-bond acceptors (Lipinski definition) is 6. The maximum absolute atomic E-state index is 14.2. The van der Waals surface area contributed by atoms with E-state index in [2.05, 4.69) is 20.1 Å². The van der Waals surface area contributed by atoms with E-state index >= 15 is 0 Å². The lowest BCUT2D eigenvalue weighted by Crippen LogP contribution is -2.29. The van der Waals surface area contributed by atoms with Gasteiger partial charge in [0.05, 0.1) is 28.0 Å². The van der Waals surface area contributed by atoms with Gasteiger partial charge in [0.2, 0.25) is 5.92 Å². The molecule has 1 atom stereocenters. The summed E-state index contributed by atoms with van der Waals surface area (Å²) in [6, 6.07) is 10.1. The van der Waals surface area contributed by atoms with Gasteiger partial charge in [-0.15, -0.1) is 0 Å². The molecule has 4 rings (SSSR count). The molecule has 3 aromatic rings. The third-order valence-electron chi connectivity index (χ3n) is 6.88. The summed E-state index contributed by atoms with van der Waals surface area (Å²) >= 11 is 0. The van der Waals surface area contributed by atoms with Crippen molar-refractivity contribution in [2.24, 2.45) is 11.4 Å². The molecule has 2 amide bonds. The Bertz CT molecular complexity index is 1540. The van der Waals surface area contributed by atoms with Crippen LogP contribution in [0.1, 0.15) is 35.2 Å². The van der Waals surface area contributed by atoms with Crippen molar-refractivity contribution >= 4 is 32.9 Å². The maximum Gasteiger partial charge on any atom is 0.267 e. The Morgan fingerprint density at radius 2 is 1.95 bits per heavy atom. The number of carbonyl (C=O) groups excluding carboxylic acids is 2. The molecule has 1 aromatic heterocycles. The summed E-state index contributed by atoms with van der Waals surface area (Å²) < 4.78 is 47.0. The highest BCUT2D eigenvalue weighted by Crippen LogP contribution is 2.36. The Kier molecular flexibility index (Phi) is 8.69. The molecule has 1 saturated heterocycles. The van der Waals surface area contributed by atoms with Crippen LogP contribution in [0.15, 0.2) is 58.1 Å². The molecule has 0 spiro atoms. The summed E-state index contributed by atoms with van der Waals surface area (Å²) in [6.07, 6.45) is 4.74. The van der Waals surface area contributed by atoms with E-state index in [1.54, 1.807) is 49.2 Å². The smallest absolute Gasteiger partial charge is 0.267 e. The van der Waals surface area contributed by atoms with E-state index < -0.39 is 27.5 Å². The van der Waals surface area contributed by atoms with Gasteiger partial charge in [-0.05, 0) is 55.8 Å². The van der Waals surface area contributed by atoms with Crippen LogP contribution in [0.3, 0.4) is 0 Å². The predicted molar refractivity (Wildman–Crippen MR) is 152 cm³/mol. The van der Waals surface area contributed by atoms with Crippen LogP contribution >= 0.6 is 0 Å². The van der Waals surface area contributed by atoms with E-state index in [-0.39, 0.29) is 25.9 Å². The summed E-state index contributed by atoms with van der Waals surface area (Å²) in [5, 5.41) is 9.81. The molecule has 2 N–H and O–H groups in total. The second-order valence-electron chi connectivity index (χ2n) is 10.0. The normalized spacial score (nSPS) is 16.6. The molecule has 0 aliphatic carbocycles. The molecule has 1 aliphatic heterocycles. The zero-order valence-electron chi connectivity index (χ0n) is 23.0. The van der Waals surface area contributed by atoms with Crippen LogP contribution < -0.4 is 15.5 Å². The third kappa shape index (κ3) is 6.73. The fourth-order valence-corrected chi connectivity index (χ4v) is 6.09. The lowest BCUT2D eigenvalue weighted by atomic mass is 9.95. The molecule has 214 valence electrons. The average molecular weight is 573 g/mol.